The highest BCUT2D eigenvalue weighted by Gasteiger charge is 2.30. The molecular weight excluding hydrogens is 278 g/mol. The Balaban J connectivity index is 1.70. The zero-order chi connectivity index (χ0) is 14.5. The van der Waals surface area contributed by atoms with Crippen LogP contribution in [0.5, 0.6) is 0 Å². The van der Waals surface area contributed by atoms with Crippen molar-refractivity contribution in [3.05, 3.63) is 35.4 Å². The Morgan fingerprint density at radius 2 is 2.29 bits per heavy atom. The number of hydrogen-bond acceptors (Lipinski definition) is 3. The number of thioether (sulfide) groups is 1. The lowest BCUT2D eigenvalue weighted by Crippen LogP contribution is -2.39. The van der Waals surface area contributed by atoms with Crippen molar-refractivity contribution in [2.75, 3.05) is 18.9 Å². The first kappa shape index (κ1) is 15.4. The average Bonchev–Trinajstić information content (AvgIpc) is 3.06. The van der Waals surface area contributed by atoms with Gasteiger partial charge in [0, 0.05) is 11.3 Å². The summed E-state index contributed by atoms with van der Waals surface area (Å²) in [6.45, 7) is 4.24. The number of nitrogens with one attached hydrogen (secondary N) is 1. The fourth-order valence-corrected chi connectivity index (χ4v) is 4.93. The lowest BCUT2D eigenvalue weighted by atomic mass is 9.92. The van der Waals surface area contributed by atoms with Crippen molar-refractivity contribution < 1.29 is 4.74 Å². The van der Waals surface area contributed by atoms with Crippen LogP contribution in [0.15, 0.2) is 24.3 Å². The fourth-order valence-electron chi connectivity index (χ4n) is 3.52. The molecule has 0 aromatic heterocycles. The highest BCUT2D eigenvalue weighted by Crippen LogP contribution is 2.36. The molecule has 1 N–H and O–H groups in total. The topological polar surface area (TPSA) is 21.3 Å². The minimum absolute atomic E-state index is 0.283. The van der Waals surface area contributed by atoms with Crippen molar-refractivity contribution in [2.24, 2.45) is 0 Å². The van der Waals surface area contributed by atoms with Crippen LogP contribution in [0.3, 0.4) is 0 Å². The molecule has 2 aliphatic rings. The summed E-state index contributed by atoms with van der Waals surface area (Å²) in [5, 5.41) is 4.56. The van der Waals surface area contributed by atoms with E-state index in [9.17, 15) is 0 Å². The molecule has 1 saturated heterocycles. The summed E-state index contributed by atoms with van der Waals surface area (Å²) in [7, 11) is 0. The van der Waals surface area contributed by atoms with Crippen LogP contribution in [0.2, 0.25) is 0 Å². The average molecular weight is 305 g/mol. The van der Waals surface area contributed by atoms with Gasteiger partial charge in [-0.1, -0.05) is 31.2 Å². The molecule has 1 aromatic rings. The molecule has 1 fully saturated rings. The summed E-state index contributed by atoms with van der Waals surface area (Å²) in [4.78, 5) is 0. The second kappa shape index (κ2) is 7.66. The Morgan fingerprint density at radius 1 is 1.38 bits per heavy atom. The largest absolute Gasteiger partial charge is 0.373 e. The molecule has 3 unspecified atom stereocenters. The number of fused-ring (bicyclic) bond motifs is 1. The van der Waals surface area contributed by atoms with E-state index in [-0.39, 0.29) is 6.10 Å². The van der Waals surface area contributed by atoms with Gasteiger partial charge in [0.2, 0.25) is 0 Å². The molecule has 2 heterocycles. The maximum Gasteiger partial charge on any atom is 0.0843 e. The molecule has 2 nitrogen and oxygen atoms in total. The van der Waals surface area contributed by atoms with E-state index in [1.807, 2.05) is 0 Å². The Labute approximate surface area is 133 Å². The third kappa shape index (κ3) is 3.82. The van der Waals surface area contributed by atoms with Gasteiger partial charge in [0.25, 0.3) is 0 Å². The van der Waals surface area contributed by atoms with Gasteiger partial charge in [0.15, 0.2) is 0 Å². The molecule has 0 saturated carbocycles. The summed E-state index contributed by atoms with van der Waals surface area (Å²) in [5.41, 5.74) is 2.91. The van der Waals surface area contributed by atoms with Crippen LogP contribution in [0.4, 0.5) is 0 Å². The van der Waals surface area contributed by atoms with Gasteiger partial charge in [0.1, 0.15) is 0 Å². The van der Waals surface area contributed by atoms with Crippen molar-refractivity contribution in [1.29, 1.82) is 0 Å². The molecule has 0 radical (unpaired) electrons. The zero-order valence-electron chi connectivity index (χ0n) is 13.0. The molecule has 0 amide bonds. The van der Waals surface area contributed by atoms with E-state index in [1.165, 1.54) is 36.1 Å². The Morgan fingerprint density at radius 3 is 3.10 bits per heavy atom. The van der Waals surface area contributed by atoms with Gasteiger partial charge >= 0.3 is 0 Å². The van der Waals surface area contributed by atoms with Crippen LogP contribution in [0.25, 0.3) is 0 Å². The second-order valence-electron chi connectivity index (χ2n) is 6.16. The predicted octanol–water partition coefficient (Wildman–Crippen LogP) is 3.95. The van der Waals surface area contributed by atoms with Crippen LogP contribution in [-0.4, -0.2) is 30.2 Å². The predicted molar refractivity (Wildman–Crippen MR) is 91.0 cm³/mol. The monoisotopic (exact) mass is 305 g/mol. The van der Waals surface area contributed by atoms with E-state index in [2.05, 4.69) is 48.3 Å². The normalized spacial score (nSPS) is 26.5. The highest BCUT2D eigenvalue weighted by atomic mass is 32.2. The van der Waals surface area contributed by atoms with Crippen molar-refractivity contribution in [1.82, 2.24) is 5.32 Å². The van der Waals surface area contributed by atoms with Crippen LogP contribution < -0.4 is 5.32 Å². The lowest BCUT2D eigenvalue weighted by Gasteiger charge is -2.32. The number of rotatable bonds is 6. The van der Waals surface area contributed by atoms with Crippen LogP contribution in [-0.2, 0) is 11.2 Å². The number of benzene rings is 1. The Kier molecular flexibility index (Phi) is 5.61. The van der Waals surface area contributed by atoms with E-state index in [1.54, 1.807) is 0 Å². The van der Waals surface area contributed by atoms with E-state index in [0.29, 0.717) is 6.04 Å². The molecule has 0 bridgehead atoms. The van der Waals surface area contributed by atoms with Crippen LogP contribution in [0.1, 0.15) is 49.8 Å². The van der Waals surface area contributed by atoms with Gasteiger partial charge in [-0.25, -0.2) is 0 Å². The molecule has 3 atom stereocenters. The minimum atomic E-state index is 0.283. The summed E-state index contributed by atoms with van der Waals surface area (Å²) in [6.07, 6.45) is 6.41. The van der Waals surface area contributed by atoms with E-state index in [4.69, 9.17) is 4.74 Å². The molecule has 3 rings (SSSR count). The standard InChI is InChI=1S/C18H27NOS/c1-2-10-19-16(18-8-5-12-21-18)13-17-15-7-4-3-6-14(15)9-11-20-17/h3-4,6-7,16-19H,2,5,8-13H2,1H3. The van der Waals surface area contributed by atoms with Gasteiger partial charge in [-0.05, 0) is 55.5 Å². The summed E-state index contributed by atoms with van der Waals surface area (Å²) in [5.74, 6) is 1.33. The van der Waals surface area contributed by atoms with Gasteiger partial charge < -0.3 is 10.1 Å². The summed E-state index contributed by atoms with van der Waals surface area (Å²) in [6, 6.07) is 9.43. The molecule has 0 aliphatic carbocycles. The summed E-state index contributed by atoms with van der Waals surface area (Å²) < 4.78 is 6.13. The van der Waals surface area contributed by atoms with E-state index >= 15 is 0 Å². The maximum absolute atomic E-state index is 6.13. The molecule has 2 aliphatic heterocycles. The number of ether oxygens (including phenoxy) is 1. The van der Waals surface area contributed by atoms with E-state index < -0.39 is 0 Å². The quantitative estimate of drug-likeness (QED) is 0.860. The third-order valence-electron chi connectivity index (χ3n) is 4.63. The molecular formula is C18H27NOS. The minimum Gasteiger partial charge on any atom is -0.373 e. The Hall–Kier alpha value is -0.510. The molecule has 116 valence electrons. The van der Waals surface area contributed by atoms with Crippen molar-refractivity contribution in [3.8, 4) is 0 Å². The lowest BCUT2D eigenvalue weighted by molar-refractivity contribution is 0.0292. The smallest absolute Gasteiger partial charge is 0.0843 e. The Bertz CT molecular complexity index is 445. The molecule has 21 heavy (non-hydrogen) atoms. The van der Waals surface area contributed by atoms with Gasteiger partial charge in [0.05, 0.1) is 12.7 Å². The third-order valence-corrected chi connectivity index (χ3v) is 6.15. The van der Waals surface area contributed by atoms with Crippen molar-refractivity contribution in [3.63, 3.8) is 0 Å². The van der Waals surface area contributed by atoms with E-state index in [0.717, 1.165) is 31.2 Å². The van der Waals surface area contributed by atoms with Gasteiger partial charge in [-0.15, -0.1) is 0 Å². The first-order chi connectivity index (χ1) is 10.4. The summed E-state index contributed by atoms with van der Waals surface area (Å²) >= 11 is 2.15. The van der Waals surface area contributed by atoms with Crippen LogP contribution >= 0.6 is 11.8 Å². The number of hydrogen-bond donors (Lipinski definition) is 1. The fraction of sp³-hybridized carbons (Fsp3) is 0.667. The van der Waals surface area contributed by atoms with Gasteiger partial charge in [-0.3, -0.25) is 0 Å². The SMILES string of the molecule is CCCNC(CC1OCCc2ccccc21)C1CCCS1. The first-order valence-corrected chi connectivity index (χ1v) is 9.47. The van der Waals surface area contributed by atoms with Crippen molar-refractivity contribution in [2.45, 2.75) is 56.4 Å². The maximum atomic E-state index is 6.13. The van der Waals surface area contributed by atoms with Crippen LogP contribution in [0, 0.1) is 0 Å². The zero-order valence-corrected chi connectivity index (χ0v) is 13.8. The molecule has 0 spiro atoms. The highest BCUT2D eigenvalue weighted by molar-refractivity contribution is 8.00. The first-order valence-electron chi connectivity index (χ1n) is 8.43. The van der Waals surface area contributed by atoms with Crippen molar-refractivity contribution >= 4 is 11.8 Å². The molecule has 3 heteroatoms. The van der Waals surface area contributed by atoms with Gasteiger partial charge in [-0.2, -0.15) is 11.8 Å². The second-order valence-corrected chi connectivity index (χ2v) is 7.50. The molecule has 1 aromatic carbocycles.